The number of amides is 2. The quantitative estimate of drug-likeness (QED) is 0.744. The Kier molecular flexibility index (Phi) is 4.26. The second kappa shape index (κ2) is 6.72. The number of rotatable bonds is 3. The van der Waals surface area contributed by atoms with Crippen LogP contribution in [0.3, 0.4) is 0 Å². The molecule has 0 spiro atoms. The van der Waals surface area contributed by atoms with Gasteiger partial charge in [-0.2, -0.15) is 0 Å². The topological polar surface area (TPSA) is 71.1 Å². The second-order valence-electron chi connectivity index (χ2n) is 6.22. The SMILES string of the molecule is CC1c2ccc(C(=O)NCc3cncs3)cc2NC(=O)c2ccccc21. The molecule has 2 heterocycles. The lowest BCUT2D eigenvalue weighted by molar-refractivity contribution is 0.0950. The van der Waals surface area contributed by atoms with Gasteiger partial charge in [-0.25, -0.2) is 0 Å². The van der Waals surface area contributed by atoms with Crippen molar-refractivity contribution in [2.75, 3.05) is 5.32 Å². The fourth-order valence-corrected chi connectivity index (χ4v) is 3.76. The van der Waals surface area contributed by atoms with Gasteiger partial charge < -0.3 is 10.6 Å². The van der Waals surface area contributed by atoms with E-state index in [4.69, 9.17) is 0 Å². The summed E-state index contributed by atoms with van der Waals surface area (Å²) in [5.41, 5.74) is 5.61. The Labute approximate surface area is 155 Å². The molecule has 0 saturated carbocycles. The van der Waals surface area contributed by atoms with Crippen LogP contribution in [0.5, 0.6) is 0 Å². The van der Waals surface area contributed by atoms with Gasteiger partial charge in [0.25, 0.3) is 11.8 Å². The van der Waals surface area contributed by atoms with Crippen molar-refractivity contribution in [1.29, 1.82) is 0 Å². The molecule has 1 unspecified atom stereocenters. The fraction of sp³-hybridized carbons (Fsp3) is 0.150. The number of thiazole rings is 1. The number of fused-ring (bicyclic) bond motifs is 2. The maximum absolute atomic E-state index is 12.6. The van der Waals surface area contributed by atoms with Crippen LogP contribution in [0.4, 0.5) is 5.69 Å². The largest absolute Gasteiger partial charge is 0.347 e. The van der Waals surface area contributed by atoms with Crippen molar-refractivity contribution in [3.05, 3.63) is 81.3 Å². The number of aromatic nitrogens is 1. The zero-order valence-electron chi connectivity index (χ0n) is 14.2. The lowest BCUT2D eigenvalue weighted by Crippen LogP contribution is -2.22. The van der Waals surface area contributed by atoms with Crippen LogP contribution in [0.1, 0.15) is 49.6 Å². The van der Waals surface area contributed by atoms with Gasteiger partial charge in [0.2, 0.25) is 0 Å². The number of nitrogens with one attached hydrogen (secondary N) is 2. The minimum absolute atomic E-state index is 0.0643. The van der Waals surface area contributed by atoms with E-state index in [0.717, 1.165) is 16.0 Å². The van der Waals surface area contributed by atoms with Crippen LogP contribution in [-0.2, 0) is 6.54 Å². The maximum Gasteiger partial charge on any atom is 0.255 e. The molecule has 130 valence electrons. The van der Waals surface area contributed by atoms with E-state index < -0.39 is 0 Å². The summed E-state index contributed by atoms with van der Waals surface area (Å²) in [5, 5.41) is 5.83. The summed E-state index contributed by atoms with van der Waals surface area (Å²) in [7, 11) is 0. The van der Waals surface area contributed by atoms with Crippen molar-refractivity contribution in [2.45, 2.75) is 19.4 Å². The van der Waals surface area contributed by atoms with E-state index in [1.54, 1.807) is 23.8 Å². The van der Waals surface area contributed by atoms with Crippen molar-refractivity contribution in [3.63, 3.8) is 0 Å². The van der Waals surface area contributed by atoms with Gasteiger partial charge in [-0.3, -0.25) is 14.6 Å². The van der Waals surface area contributed by atoms with Crippen LogP contribution in [0.15, 0.2) is 54.2 Å². The van der Waals surface area contributed by atoms with Crippen LogP contribution < -0.4 is 10.6 Å². The minimum Gasteiger partial charge on any atom is -0.347 e. The zero-order chi connectivity index (χ0) is 18.1. The first-order valence-corrected chi connectivity index (χ1v) is 9.21. The van der Waals surface area contributed by atoms with Crippen molar-refractivity contribution >= 4 is 28.8 Å². The number of hydrogen-bond acceptors (Lipinski definition) is 4. The normalized spacial score (nSPS) is 15.4. The molecular weight excluding hydrogens is 346 g/mol. The first-order chi connectivity index (χ1) is 12.6. The molecule has 1 atom stereocenters. The number of anilines is 1. The summed E-state index contributed by atoms with van der Waals surface area (Å²) < 4.78 is 0. The molecule has 1 aliphatic rings. The van der Waals surface area contributed by atoms with Crippen LogP contribution in [0.2, 0.25) is 0 Å². The van der Waals surface area contributed by atoms with Crippen molar-refractivity contribution in [1.82, 2.24) is 10.3 Å². The number of carbonyl (C=O) groups is 2. The highest BCUT2D eigenvalue weighted by molar-refractivity contribution is 7.09. The molecule has 2 amide bonds. The van der Waals surface area contributed by atoms with E-state index in [1.807, 2.05) is 30.3 Å². The van der Waals surface area contributed by atoms with Crippen LogP contribution >= 0.6 is 11.3 Å². The predicted molar refractivity (Wildman–Crippen MR) is 102 cm³/mol. The summed E-state index contributed by atoms with van der Waals surface area (Å²) in [4.78, 5) is 30.0. The molecule has 5 nitrogen and oxygen atoms in total. The standard InChI is InChI=1S/C20H17N3O2S/c1-12-15-4-2-3-5-17(15)20(25)23-18-8-13(6-7-16(12)18)19(24)22-10-14-9-21-11-26-14/h2-9,11-12H,10H2,1H3,(H,22,24)(H,23,25). The highest BCUT2D eigenvalue weighted by Crippen LogP contribution is 2.35. The van der Waals surface area contributed by atoms with Crippen LogP contribution in [-0.4, -0.2) is 16.8 Å². The van der Waals surface area contributed by atoms with Crippen molar-refractivity contribution < 1.29 is 9.59 Å². The summed E-state index contributed by atoms with van der Waals surface area (Å²) in [6, 6.07) is 13.1. The lowest BCUT2D eigenvalue weighted by Gasteiger charge is -2.15. The van der Waals surface area contributed by atoms with Gasteiger partial charge in [-0.05, 0) is 29.3 Å². The summed E-state index contributed by atoms with van der Waals surface area (Å²) in [6.45, 7) is 2.51. The zero-order valence-corrected chi connectivity index (χ0v) is 15.0. The molecule has 6 heteroatoms. The van der Waals surface area contributed by atoms with E-state index in [1.165, 1.54) is 11.3 Å². The third-order valence-electron chi connectivity index (χ3n) is 4.61. The Morgan fingerprint density at radius 1 is 1.23 bits per heavy atom. The van der Waals surface area contributed by atoms with Crippen molar-refractivity contribution in [2.24, 2.45) is 0 Å². The Morgan fingerprint density at radius 2 is 2.08 bits per heavy atom. The first-order valence-electron chi connectivity index (χ1n) is 8.33. The maximum atomic E-state index is 12.6. The van der Waals surface area contributed by atoms with E-state index in [2.05, 4.69) is 22.5 Å². The highest BCUT2D eigenvalue weighted by Gasteiger charge is 2.25. The van der Waals surface area contributed by atoms with Gasteiger partial charge in [-0.15, -0.1) is 11.3 Å². The molecule has 1 aliphatic heterocycles. The van der Waals surface area contributed by atoms with E-state index >= 15 is 0 Å². The van der Waals surface area contributed by atoms with Crippen molar-refractivity contribution in [3.8, 4) is 0 Å². The minimum atomic E-state index is -0.176. The predicted octanol–water partition coefficient (Wildman–Crippen LogP) is 3.79. The number of benzene rings is 2. The fourth-order valence-electron chi connectivity index (χ4n) is 3.22. The van der Waals surface area contributed by atoms with E-state index in [0.29, 0.717) is 23.4 Å². The molecule has 0 saturated heterocycles. The van der Waals surface area contributed by atoms with Gasteiger partial charge in [0.05, 0.1) is 12.1 Å². The molecule has 26 heavy (non-hydrogen) atoms. The molecule has 0 bridgehead atoms. The molecular formula is C20H17N3O2S. The van der Waals surface area contributed by atoms with Gasteiger partial charge in [0, 0.05) is 33.8 Å². The summed E-state index contributed by atoms with van der Waals surface area (Å²) in [6.07, 6.45) is 1.74. The molecule has 3 aromatic rings. The number of carbonyl (C=O) groups excluding carboxylic acids is 2. The van der Waals surface area contributed by atoms with Crippen LogP contribution in [0, 0.1) is 0 Å². The Balaban J connectivity index is 1.62. The Bertz CT molecular complexity index is 982. The lowest BCUT2D eigenvalue weighted by atomic mass is 9.89. The van der Waals surface area contributed by atoms with E-state index in [-0.39, 0.29) is 17.7 Å². The number of nitrogens with zero attached hydrogens (tertiary/aromatic N) is 1. The van der Waals surface area contributed by atoms with Crippen LogP contribution in [0.25, 0.3) is 0 Å². The van der Waals surface area contributed by atoms with Gasteiger partial charge in [-0.1, -0.05) is 31.2 Å². The first kappa shape index (κ1) is 16.5. The van der Waals surface area contributed by atoms with Gasteiger partial charge in [0.1, 0.15) is 0 Å². The molecule has 0 fully saturated rings. The van der Waals surface area contributed by atoms with E-state index in [9.17, 15) is 9.59 Å². The smallest absolute Gasteiger partial charge is 0.255 e. The number of hydrogen-bond donors (Lipinski definition) is 2. The summed E-state index contributed by atoms with van der Waals surface area (Å²) >= 11 is 1.50. The molecule has 0 aliphatic carbocycles. The van der Waals surface area contributed by atoms with Gasteiger partial charge in [0.15, 0.2) is 0 Å². The average molecular weight is 363 g/mol. The third-order valence-corrected chi connectivity index (χ3v) is 5.39. The monoisotopic (exact) mass is 363 g/mol. The molecule has 0 radical (unpaired) electrons. The third kappa shape index (κ3) is 2.99. The molecule has 1 aromatic heterocycles. The Morgan fingerprint density at radius 3 is 2.88 bits per heavy atom. The molecule has 2 N–H and O–H groups in total. The Hall–Kier alpha value is -2.99. The van der Waals surface area contributed by atoms with Gasteiger partial charge >= 0.3 is 0 Å². The molecule has 4 rings (SSSR count). The summed E-state index contributed by atoms with van der Waals surface area (Å²) in [5.74, 6) is -0.257. The average Bonchev–Trinajstić information content (AvgIpc) is 3.15. The second-order valence-corrected chi connectivity index (χ2v) is 7.19. The molecule has 2 aromatic carbocycles. The highest BCUT2D eigenvalue weighted by atomic mass is 32.1.